The van der Waals surface area contributed by atoms with Crippen molar-refractivity contribution in [3.8, 4) is 17.1 Å². The number of nitrogens with zero attached hydrogens (tertiary/aromatic N) is 5. The molecule has 0 bridgehead atoms. The first-order valence-corrected chi connectivity index (χ1v) is 9.71. The van der Waals surface area contributed by atoms with Gasteiger partial charge in [0.15, 0.2) is 0 Å². The van der Waals surface area contributed by atoms with E-state index in [4.69, 9.17) is 0 Å². The molecule has 4 heterocycles. The van der Waals surface area contributed by atoms with Crippen molar-refractivity contribution >= 4 is 0 Å². The Morgan fingerprint density at radius 1 is 1.00 bits per heavy atom. The predicted molar refractivity (Wildman–Crippen MR) is 107 cm³/mol. The van der Waals surface area contributed by atoms with Gasteiger partial charge in [0.25, 0.3) is 5.92 Å². The lowest BCUT2D eigenvalue weighted by Crippen LogP contribution is -2.46. The van der Waals surface area contributed by atoms with Gasteiger partial charge in [-0.15, -0.1) is 0 Å². The van der Waals surface area contributed by atoms with Crippen LogP contribution in [0.2, 0.25) is 0 Å². The van der Waals surface area contributed by atoms with Crippen molar-refractivity contribution in [2.24, 2.45) is 0 Å². The van der Waals surface area contributed by atoms with Crippen LogP contribution in [0.3, 0.4) is 0 Å². The van der Waals surface area contributed by atoms with Crippen LogP contribution in [0.4, 0.5) is 8.78 Å². The number of hydrogen-bond donors (Lipinski definition) is 1. The third-order valence-electron chi connectivity index (χ3n) is 5.06. The number of piperidine rings is 1. The van der Waals surface area contributed by atoms with Gasteiger partial charge in [-0.05, 0) is 43.7 Å². The van der Waals surface area contributed by atoms with Gasteiger partial charge in [0.05, 0.1) is 29.0 Å². The maximum absolute atomic E-state index is 13.2. The first kappa shape index (κ1) is 19.6. The molecule has 1 aliphatic heterocycles. The Labute approximate surface area is 168 Å². The van der Waals surface area contributed by atoms with E-state index in [1.165, 1.54) is 0 Å². The fourth-order valence-electron chi connectivity index (χ4n) is 3.34. The molecule has 0 atom stereocenters. The number of pyridine rings is 2. The average molecular weight is 398 g/mol. The minimum atomic E-state index is -2.53. The van der Waals surface area contributed by atoms with Gasteiger partial charge in [-0.2, -0.15) is 5.10 Å². The second kappa shape index (κ2) is 7.96. The number of nitrogens with one attached hydrogen (secondary N) is 1. The molecule has 0 radical (unpaired) electrons. The fourth-order valence-corrected chi connectivity index (χ4v) is 3.34. The van der Waals surface area contributed by atoms with E-state index in [0.29, 0.717) is 19.6 Å². The van der Waals surface area contributed by atoms with Crippen molar-refractivity contribution in [2.45, 2.75) is 39.2 Å². The van der Waals surface area contributed by atoms with Crippen molar-refractivity contribution in [1.82, 2.24) is 30.2 Å². The zero-order valence-corrected chi connectivity index (χ0v) is 16.6. The Morgan fingerprint density at radius 3 is 2.45 bits per heavy atom. The van der Waals surface area contributed by atoms with Crippen LogP contribution >= 0.6 is 0 Å². The average Bonchev–Trinajstić information content (AvgIpc) is 3.10. The Kier molecular flexibility index (Phi) is 5.38. The molecule has 3 aromatic rings. The van der Waals surface area contributed by atoms with Gasteiger partial charge in [-0.3, -0.25) is 15.4 Å². The number of aromatic nitrogens is 4. The normalized spacial score (nSPS) is 16.8. The zero-order chi connectivity index (χ0) is 20.4. The third kappa shape index (κ3) is 4.65. The zero-order valence-electron chi connectivity index (χ0n) is 16.6. The Hall–Kier alpha value is -2.71. The van der Waals surface area contributed by atoms with Gasteiger partial charge in [0, 0.05) is 44.4 Å². The van der Waals surface area contributed by atoms with E-state index in [2.05, 4.69) is 20.5 Å². The first-order chi connectivity index (χ1) is 13.9. The largest absolute Gasteiger partial charge is 0.259 e. The van der Waals surface area contributed by atoms with E-state index < -0.39 is 5.92 Å². The van der Waals surface area contributed by atoms with Gasteiger partial charge in [0.1, 0.15) is 0 Å². The lowest BCUT2D eigenvalue weighted by Gasteiger charge is -2.31. The van der Waals surface area contributed by atoms with Crippen LogP contribution in [0.15, 0.2) is 42.7 Å². The smallest absolute Gasteiger partial charge is 0.250 e. The second-order valence-electron chi connectivity index (χ2n) is 7.47. The maximum atomic E-state index is 13.2. The molecule has 0 saturated carbocycles. The number of hydrazine groups is 1. The van der Waals surface area contributed by atoms with Gasteiger partial charge in [-0.25, -0.2) is 18.5 Å². The summed E-state index contributed by atoms with van der Waals surface area (Å²) in [7, 11) is 0. The highest BCUT2D eigenvalue weighted by Gasteiger charge is 2.33. The van der Waals surface area contributed by atoms with E-state index in [1.807, 2.05) is 53.9 Å². The summed E-state index contributed by atoms with van der Waals surface area (Å²) in [5.41, 5.74) is 8.65. The lowest BCUT2D eigenvalue weighted by atomic mass is 10.1. The van der Waals surface area contributed by atoms with E-state index >= 15 is 0 Å². The Bertz CT molecular complexity index is 956. The van der Waals surface area contributed by atoms with Gasteiger partial charge >= 0.3 is 0 Å². The molecule has 8 heteroatoms. The summed E-state index contributed by atoms with van der Waals surface area (Å²) in [5, 5.41) is 6.43. The van der Waals surface area contributed by atoms with Crippen LogP contribution in [0.25, 0.3) is 17.1 Å². The predicted octanol–water partition coefficient (Wildman–Crippen LogP) is 3.68. The molecule has 4 rings (SSSR count). The lowest BCUT2D eigenvalue weighted by molar-refractivity contribution is -0.0660. The van der Waals surface area contributed by atoms with Crippen LogP contribution in [-0.2, 0) is 6.54 Å². The van der Waals surface area contributed by atoms with E-state index in [0.717, 1.165) is 34.0 Å². The minimum Gasteiger partial charge on any atom is -0.259 e. The molecule has 1 aliphatic rings. The van der Waals surface area contributed by atoms with Gasteiger partial charge in [-0.1, -0.05) is 6.07 Å². The van der Waals surface area contributed by atoms with Crippen molar-refractivity contribution in [3.05, 3.63) is 59.7 Å². The summed E-state index contributed by atoms with van der Waals surface area (Å²) in [6.07, 6.45) is 3.40. The van der Waals surface area contributed by atoms with Crippen molar-refractivity contribution in [1.29, 1.82) is 0 Å². The first-order valence-electron chi connectivity index (χ1n) is 9.71. The summed E-state index contributed by atoms with van der Waals surface area (Å²) in [4.78, 5) is 8.94. The van der Waals surface area contributed by atoms with Crippen LogP contribution in [0.1, 0.15) is 29.8 Å². The molecule has 0 aliphatic carbocycles. The number of aryl methyl sites for hydroxylation is 2. The fraction of sp³-hybridized carbons (Fsp3) is 0.381. The summed E-state index contributed by atoms with van der Waals surface area (Å²) in [6, 6.07) is 9.88. The Morgan fingerprint density at radius 2 is 1.79 bits per heavy atom. The Balaban J connectivity index is 1.45. The number of halogens is 2. The standard InChI is InChI=1S/C21H24F2N6/c1-15-3-5-18(14-24-15)29-20(11-16(2)27-29)19-6-4-17(12-25-19)13-26-28-9-7-21(22,23)8-10-28/h3-6,11-12,14,26H,7-10,13H2,1-2H3. The molecule has 0 unspecified atom stereocenters. The summed E-state index contributed by atoms with van der Waals surface area (Å²) in [6.45, 7) is 5.15. The molecule has 3 aromatic heterocycles. The van der Waals surface area contributed by atoms with Crippen molar-refractivity contribution < 1.29 is 8.78 Å². The van der Waals surface area contributed by atoms with E-state index in [-0.39, 0.29) is 12.8 Å². The van der Waals surface area contributed by atoms with E-state index in [9.17, 15) is 8.78 Å². The highest BCUT2D eigenvalue weighted by molar-refractivity contribution is 5.58. The van der Waals surface area contributed by atoms with Crippen molar-refractivity contribution in [2.75, 3.05) is 13.1 Å². The molecule has 0 amide bonds. The number of alkyl halides is 2. The van der Waals surface area contributed by atoms with Crippen LogP contribution < -0.4 is 5.43 Å². The highest BCUT2D eigenvalue weighted by Crippen LogP contribution is 2.27. The SMILES string of the molecule is Cc1ccc(-n2nc(C)cc2-c2ccc(CNN3CCC(F)(F)CC3)cn2)cn1. The summed E-state index contributed by atoms with van der Waals surface area (Å²) >= 11 is 0. The number of hydrogen-bond acceptors (Lipinski definition) is 5. The summed E-state index contributed by atoms with van der Waals surface area (Å²) in [5.74, 6) is -2.53. The monoisotopic (exact) mass is 398 g/mol. The van der Waals surface area contributed by atoms with Gasteiger partial charge in [0.2, 0.25) is 0 Å². The molecule has 29 heavy (non-hydrogen) atoms. The third-order valence-corrected chi connectivity index (χ3v) is 5.06. The molecule has 6 nitrogen and oxygen atoms in total. The topological polar surface area (TPSA) is 58.9 Å². The molecule has 152 valence electrons. The molecule has 0 spiro atoms. The highest BCUT2D eigenvalue weighted by atomic mass is 19.3. The van der Waals surface area contributed by atoms with Gasteiger partial charge < -0.3 is 0 Å². The van der Waals surface area contributed by atoms with Crippen LogP contribution in [-0.4, -0.2) is 43.8 Å². The minimum absolute atomic E-state index is 0.103. The maximum Gasteiger partial charge on any atom is 0.250 e. The second-order valence-corrected chi connectivity index (χ2v) is 7.47. The molecule has 1 fully saturated rings. The molecule has 0 aromatic carbocycles. The molecule has 1 saturated heterocycles. The van der Waals surface area contributed by atoms with E-state index in [1.54, 1.807) is 12.4 Å². The quantitative estimate of drug-likeness (QED) is 0.711. The van der Waals surface area contributed by atoms with Crippen molar-refractivity contribution in [3.63, 3.8) is 0 Å². The van der Waals surface area contributed by atoms with Crippen LogP contribution in [0, 0.1) is 13.8 Å². The van der Waals surface area contributed by atoms with Crippen LogP contribution in [0.5, 0.6) is 0 Å². The molecular weight excluding hydrogens is 374 g/mol. The molecular formula is C21H24F2N6. The molecule has 1 N–H and O–H groups in total. The summed E-state index contributed by atoms with van der Waals surface area (Å²) < 4.78 is 28.3. The number of rotatable bonds is 5.